The first-order chi connectivity index (χ1) is 7.07. The SMILES string of the molecule is CCC(C(=O)O)N1CCCCC1C(C)N. The van der Waals surface area contributed by atoms with E-state index in [0.717, 1.165) is 19.4 Å². The highest BCUT2D eigenvalue weighted by atomic mass is 16.4. The Labute approximate surface area is 91.4 Å². The van der Waals surface area contributed by atoms with Gasteiger partial charge in [0, 0.05) is 12.1 Å². The molecular formula is C11H22N2O2. The van der Waals surface area contributed by atoms with Crippen molar-refractivity contribution < 1.29 is 9.90 Å². The molecule has 1 rings (SSSR count). The van der Waals surface area contributed by atoms with Crippen molar-refractivity contribution in [1.82, 2.24) is 4.90 Å². The third-order valence-corrected chi connectivity index (χ3v) is 3.27. The lowest BCUT2D eigenvalue weighted by atomic mass is 9.94. The molecule has 4 heteroatoms. The van der Waals surface area contributed by atoms with E-state index in [9.17, 15) is 4.79 Å². The lowest BCUT2D eigenvalue weighted by Gasteiger charge is -2.41. The summed E-state index contributed by atoms with van der Waals surface area (Å²) in [6.45, 7) is 4.76. The summed E-state index contributed by atoms with van der Waals surface area (Å²) in [5.41, 5.74) is 5.92. The summed E-state index contributed by atoms with van der Waals surface area (Å²) in [4.78, 5) is 13.2. The number of hydrogen-bond donors (Lipinski definition) is 2. The van der Waals surface area contributed by atoms with Gasteiger partial charge < -0.3 is 10.8 Å². The Morgan fingerprint density at radius 3 is 2.73 bits per heavy atom. The molecule has 88 valence electrons. The molecule has 0 spiro atoms. The Morgan fingerprint density at radius 2 is 2.27 bits per heavy atom. The zero-order chi connectivity index (χ0) is 11.4. The number of rotatable bonds is 4. The fourth-order valence-corrected chi connectivity index (χ4v) is 2.48. The van der Waals surface area contributed by atoms with Crippen LogP contribution in [0.3, 0.4) is 0 Å². The monoisotopic (exact) mass is 214 g/mol. The Morgan fingerprint density at radius 1 is 1.60 bits per heavy atom. The van der Waals surface area contributed by atoms with Gasteiger partial charge in [0.2, 0.25) is 0 Å². The predicted octanol–water partition coefficient (Wildman–Crippen LogP) is 1.05. The van der Waals surface area contributed by atoms with Gasteiger partial charge in [0.05, 0.1) is 0 Å². The van der Waals surface area contributed by atoms with Crippen LogP contribution < -0.4 is 5.73 Å². The van der Waals surface area contributed by atoms with E-state index in [1.165, 1.54) is 6.42 Å². The number of likely N-dealkylation sites (tertiary alicyclic amines) is 1. The van der Waals surface area contributed by atoms with Crippen molar-refractivity contribution in [2.75, 3.05) is 6.54 Å². The number of piperidine rings is 1. The first-order valence-electron chi connectivity index (χ1n) is 5.82. The zero-order valence-corrected chi connectivity index (χ0v) is 9.65. The van der Waals surface area contributed by atoms with Crippen LogP contribution in [0.2, 0.25) is 0 Å². The highest BCUT2D eigenvalue weighted by Gasteiger charge is 2.33. The number of carboxylic acid groups (broad SMARTS) is 1. The van der Waals surface area contributed by atoms with Crippen molar-refractivity contribution in [3.05, 3.63) is 0 Å². The molecule has 0 amide bonds. The number of carboxylic acids is 1. The normalized spacial score (nSPS) is 27.3. The van der Waals surface area contributed by atoms with Gasteiger partial charge in [-0.05, 0) is 32.7 Å². The van der Waals surface area contributed by atoms with Gasteiger partial charge in [-0.25, -0.2) is 0 Å². The predicted molar refractivity (Wildman–Crippen MR) is 59.7 cm³/mol. The summed E-state index contributed by atoms with van der Waals surface area (Å²) in [6, 6.07) is -0.0696. The van der Waals surface area contributed by atoms with Crippen LogP contribution in [0.15, 0.2) is 0 Å². The molecule has 1 aliphatic heterocycles. The summed E-state index contributed by atoms with van der Waals surface area (Å²) < 4.78 is 0. The average molecular weight is 214 g/mol. The molecular weight excluding hydrogens is 192 g/mol. The van der Waals surface area contributed by atoms with Crippen molar-refractivity contribution in [2.24, 2.45) is 5.73 Å². The van der Waals surface area contributed by atoms with Crippen LogP contribution in [0.5, 0.6) is 0 Å². The largest absolute Gasteiger partial charge is 0.480 e. The van der Waals surface area contributed by atoms with Crippen molar-refractivity contribution in [3.63, 3.8) is 0 Å². The Hall–Kier alpha value is -0.610. The number of aliphatic carboxylic acids is 1. The lowest BCUT2D eigenvalue weighted by molar-refractivity contribution is -0.145. The molecule has 1 fully saturated rings. The molecule has 0 aliphatic carbocycles. The third-order valence-electron chi connectivity index (χ3n) is 3.27. The van der Waals surface area contributed by atoms with Crippen LogP contribution in [0.25, 0.3) is 0 Å². The fraction of sp³-hybridized carbons (Fsp3) is 0.909. The number of hydrogen-bond acceptors (Lipinski definition) is 3. The molecule has 0 saturated carbocycles. The maximum absolute atomic E-state index is 11.1. The molecule has 0 radical (unpaired) electrons. The number of carbonyl (C=O) groups is 1. The second-order valence-electron chi connectivity index (χ2n) is 4.42. The van der Waals surface area contributed by atoms with E-state index < -0.39 is 5.97 Å². The van der Waals surface area contributed by atoms with Crippen molar-refractivity contribution in [3.8, 4) is 0 Å². The third kappa shape index (κ3) is 2.92. The minimum Gasteiger partial charge on any atom is -0.480 e. The Balaban J connectivity index is 2.73. The van der Waals surface area contributed by atoms with Crippen molar-refractivity contribution >= 4 is 5.97 Å². The van der Waals surface area contributed by atoms with E-state index >= 15 is 0 Å². The molecule has 0 bridgehead atoms. The van der Waals surface area contributed by atoms with Gasteiger partial charge in [0.1, 0.15) is 6.04 Å². The molecule has 0 aromatic carbocycles. The molecule has 3 N–H and O–H groups in total. The summed E-state index contributed by atoms with van der Waals surface area (Å²) in [5.74, 6) is -0.718. The van der Waals surface area contributed by atoms with Crippen molar-refractivity contribution in [2.45, 2.75) is 57.7 Å². The molecule has 3 unspecified atom stereocenters. The highest BCUT2D eigenvalue weighted by molar-refractivity contribution is 5.73. The maximum Gasteiger partial charge on any atom is 0.320 e. The first kappa shape index (κ1) is 12.5. The average Bonchev–Trinajstić information content (AvgIpc) is 2.18. The van der Waals surface area contributed by atoms with Crippen LogP contribution in [-0.4, -0.2) is 40.6 Å². The summed E-state index contributed by atoms with van der Waals surface area (Å²) >= 11 is 0. The van der Waals surface area contributed by atoms with Gasteiger partial charge in [-0.15, -0.1) is 0 Å². The van der Waals surface area contributed by atoms with Crippen LogP contribution in [0.1, 0.15) is 39.5 Å². The van der Waals surface area contributed by atoms with E-state index in [4.69, 9.17) is 10.8 Å². The summed E-state index contributed by atoms with van der Waals surface area (Å²) in [7, 11) is 0. The van der Waals surface area contributed by atoms with E-state index in [0.29, 0.717) is 6.42 Å². The molecule has 3 atom stereocenters. The summed E-state index contributed by atoms with van der Waals surface area (Å²) in [5, 5.41) is 9.14. The molecule has 1 saturated heterocycles. The Bertz CT molecular complexity index is 219. The molecule has 1 aliphatic rings. The minimum atomic E-state index is -0.718. The number of nitrogens with zero attached hydrogens (tertiary/aromatic N) is 1. The lowest BCUT2D eigenvalue weighted by Crippen LogP contribution is -2.55. The van der Waals surface area contributed by atoms with Gasteiger partial charge in [-0.2, -0.15) is 0 Å². The second-order valence-corrected chi connectivity index (χ2v) is 4.42. The second kappa shape index (κ2) is 5.47. The topological polar surface area (TPSA) is 66.6 Å². The van der Waals surface area contributed by atoms with Crippen molar-refractivity contribution in [1.29, 1.82) is 0 Å². The quantitative estimate of drug-likeness (QED) is 0.734. The van der Waals surface area contributed by atoms with E-state index in [1.54, 1.807) is 0 Å². The standard InChI is InChI=1S/C11H22N2O2/c1-3-9(11(14)15)13-7-5-4-6-10(13)8(2)12/h8-10H,3-7,12H2,1-2H3,(H,14,15). The zero-order valence-electron chi connectivity index (χ0n) is 9.65. The molecule has 1 heterocycles. The Kier molecular flexibility index (Phi) is 4.54. The van der Waals surface area contributed by atoms with Crippen LogP contribution in [-0.2, 0) is 4.79 Å². The smallest absolute Gasteiger partial charge is 0.320 e. The van der Waals surface area contributed by atoms with E-state index in [-0.39, 0.29) is 18.1 Å². The number of nitrogens with two attached hydrogens (primary N) is 1. The van der Waals surface area contributed by atoms with Crippen LogP contribution >= 0.6 is 0 Å². The van der Waals surface area contributed by atoms with E-state index in [1.807, 2.05) is 13.8 Å². The van der Waals surface area contributed by atoms with Gasteiger partial charge in [-0.3, -0.25) is 9.69 Å². The van der Waals surface area contributed by atoms with Crippen LogP contribution in [0.4, 0.5) is 0 Å². The van der Waals surface area contributed by atoms with Gasteiger partial charge in [0.25, 0.3) is 0 Å². The fourth-order valence-electron chi connectivity index (χ4n) is 2.48. The maximum atomic E-state index is 11.1. The van der Waals surface area contributed by atoms with Gasteiger partial charge in [-0.1, -0.05) is 13.3 Å². The molecule has 0 aromatic rings. The minimum absolute atomic E-state index is 0.0544. The van der Waals surface area contributed by atoms with Gasteiger partial charge >= 0.3 is 5.97 Å². The molecule has 15 heavy (non-hydrogen) atoms. The first-order valence-corrected chi connectivity index (χ1v) is 5.82. The summed E-state index contributed by atoms with van der Waals surface area (Å²) in [6.07, 6.45) is 3.94. The van der Waals surface area contributed by atoms with E-state index in [2.05, 4.69) is 4.90 Å². The van der Waals surface area contributed by atoms with Gasteiger partial charge in [0.15, 0.2) is 0 Å². The highest BCUT2D eigenvalue weighted by Crippen LogP contribution is 2.22. The van der Waals surface area contributed by atoms with Crippen LogP contribution in [0, 0.1) is 0 Å². The molecule has 0 aromatic heterocycles. The molecule has 4 nitrogen and oxygen atoms in total.